The van der Waals surface area contributed by atoms with Gasteiger partial charge >= 0.3 is 0 Å². The van der Waals surface area contributed by atoms with E-state index in [9.17, 15) is 9.90 Å². The van der Waals surface area contributed by atoms with Crippen molar-refractivity contribution in [3.8, 4) is 0 Å². The number of aryl methyl sites for hydroxylation is 2. The standard InChI is InChI=1S/C18H24N2O3/c1-12(9-17-13(2)20-23-14(17)3)18(22)19-11-16(21)10-15-7-5-4-6-8-15/h4-8,12,16,21H,9-11H2,1-3H3,(H,19,22). The molecule has 0 aliphatic rings. The van der Waals surface area contributed by atoms with Gasteiger partial charge in [0.2, 0.25) is 5.91 Å². The third-order valence-corrected chi connectivity index (χ3v) is 3.97. The van der Waals surface area contributed by atoms with Crippen LogP contribution in [-0.2, 0) is 17.6 Å². The minimum absolute atomic E-state index is 0.0721. The quantitative estimate of drug-likeness (QED) is 0.821. The molecule has 5 heteroatoms. The molecule has 0 bridgehead atoms. The Labute approximate surface area is 136 Å². The number of aliphatic hydroxyl groups is 1. The van der Waals surface area contributed by atoms with E-state index in [1.165, 1.54) is 0 Å². The lowest BCUT2D eigenvalue weighted by Crippen LogP contribution is -2.37. The summed E-state index contributed by atoms with van der Waals surface area (Å²) >= 11 is 0. The average Bonchev–Trinajstić information content (AvgIpc) is 2.85. The molecule has 23 heavy (non-hydrogen) atoms. The van der Waals surface area contributed by atoms with Crippen LogP contribution in [0.25, 0.3) is 0 Å². The van der Waals surface area contributed by atoms with Crippen LogP contribution in [-0.4, -0.2) is 28.8 Å². The van der Waals surface area contributed by atoms with Gasteiger partial charge in [0.1, 0.15) is 5.76 Å². The van der Waals surface area contributed by atoms with Crippen molar-refractivity contribution in [3.63, 3.8) is 0 Å². The van der Waals surface area contributed by atoms with Crippen LogP contribution in [0.3, 0.4) is 0 Å². The minimum Gasteiger partial charge on any atom is -0.391 e. The van der Waals surface area contributed by atoms with Crippen LogP contribution >= 0.6 is 0 Å². The highest BCUT2D eigenvalue weighted by Crippen LogP contribution is 2.17. The zero-order valence-corrected chi connectivity index (χ0v) is 13.9. The molecule has 1 aromatic carbocycles. The highest BCUT2D eigenvalue weighted by Gasteiger charge is 2.19. The third-order valence-electron chi connectivity index (χ3n) is 3.97. The molecule has 2 N–H and O–H groups in total. The van der Waals surface area contributed by atoms with Gasteiger partial charge in [0.25, 0.3) is 0 Å². The summed E-state index contributed by atoms with van der Waals surface area (Å²) in [4.78, 5) is 12.2. The van der Waals surface area contributed by atoms with Crippen LogP contribution in [0.15, 0.2) is 34.9 Å². The van der Waals surface area contributed by atoms with Gasteiger partial charge in [0, 0.05) is 24.4 Å². The summed E-state index contributed by atoms with van der Waals surface area (Å²) in [5, 5.41) is 16.8. The summed E-state index contributed by atoms with van der Waals surface area (Å²) in [5.74, 6) is 0.485. The molecule has 1 heterocycles. The lowest BCUT2D eigenvalue weighted by Gasteiger charge is -2.15. The Morgan fingerprint density at radius 1 is 1.26 bits per heavy atom. The molecule has 2 unspecified atom stereocenters. The number of nitrogens with one attached hydrogen (secondary N) is 1. The number of carbonyl (C=O) groups excluding carboxylic acids is 1. The molecule has 0 radical (unpaired) electrons. The van der Waals surface area contributed by atoms with Crippen molar-refractivity contribution in [1.29, 1.82) is 0 Å². The molecule has 0 saturated heterocycles. The van der Waals surface area contributed by atoms with Gasteiger partial charge < -0.3 is 14.9 Å². The fourth-order valence-corrected chi connectivity index (χ4v) is 2.54. The van der Waals surface area contributed by atoms with Gasteiger partial charge in [0.15, 0.2) is 0 Å². The lowest BCUT2D eigenvalue weighted by atomic mass is 9.99. The molecule has 2 aromatic rings. The molecule has 0 saturated carbocycles. The number of aliphatic hydroxyl groups excluding tert-OH is 1. The summed E-state index contributed by atoms with van der Waals surface area (Å²) in [6, 6.07) is 9.74. The predicted molar refractivity (Wildman–Crippen MR) is 88.0 cm³/mol. The Bertz CT molecular complexity index is 617. The summed E-state index contributed by atoms with van der Waals surface area (Å²) in [5.41, 5.74) is 2.86. The minimum atomic E-state index is -0.590. The molecular weight excluding hydrogens is 292 g/mol. The van der Waals surface area contributed by atoms with E-state index in [0.29, 0.717) is 12.8 Å². The Kier molecular flexibility index (Phi) is 5.93. The largest absolute Gasteiger partial charge is 0.391 e. The number of hydrogen-bond donors (Lipinski definition) is 2. The molecule has 0 aliphatic carbocycles. The van der Waals surface area contributed by atoms with Gasteiger partial charge in [-0.3, -0.25) is 4.79 Å². The van der Waals surface area contributed by atoms with Crippen LogP contribution < -0.4 is 5.32 Å². The highest BCUT2D eigenvalue weighted by atomic mass is 16.5. The van der Waals surface area contributed by atoms with Crippen LogP contribution in [0.5, 0.6) is 0 Å². The number of carbonyl (C=O) groups is 1. The normalized spacial score (nSPS) is 13.6. The van der Waals surface area contributed by atoms with Crippen LogP contribution in [0.2, 0.25) is 0 Å². The Morgan fingerprint density at radius 2 is 1.96 bits per heavy atom. The number of nitrogens with zero attached hydrogens (tertiary/aromatic N) is 1. The van der Waals surface area contributed by atoms with Gasteiger partial charge in [-0.05, 0) is 25.8 Å². The topological polar surface area (TPSA) is 75.4 Å². The Hall–Kier alpha value is -2.14. The molecule has 5 nitrogen and oxygen atoms in total. The molecule has 2 atom stereocenters. The maximum absolute atomic E-state index is 12.2. The molecule has 0 fully saturated rings. The van der Waals surface area contributed by atoms with Crippen molar-refractivity contribution in [2.45, 2.75) is 39.7 Å². The van der Waals surface area contributed by atoms with Gasteiger partial charge in [-0.15, -0.1) is 0 Å². The summed E-state index contributed by atoms with van der Waals surface area (Å²) in [6.45, 7) is 5.84. The monoisotopic (exact) mass is 316 g/mol. The molecular formula is C18H24N2O3. The van der Waals surface area contributed by atoms with E-state index in [1.807, 2.05) is 51.1 Å². The average molecular weight is 316 g/mol. The number of benzene rings is 1. The fraction of sp³-hybridized carbons (Fsp3) is 0.444. The zero-order valence-electron chi connectivity index (χ0n) is 13.9. The maximum atomic E-state index is 12.2. The zero-order chi connectivity index (χ0) is 16.8. The van der Waals surface area contributed by atoms with Crippen LogP contribution in [0.4, 0.5) is 0 Å². The van der Waals surface area contributed by atoms with E-state index in [0.717, 1.165) is 22.6 Å². The number of hydrogen-bond acceptors (Lipinski definition) is 4. The lowest BCUT2D eigenvalue weighted by molar-refractivity contribution is -0.124. The summed E-state index contributed by atoms with van der Waals surface area (Å²) < 4.78 is 5.12. The van der Waals surface area contributed by atoms with Crippen molar-refractivity contribution < 1.29 is 14.4 Å². The van der Waals surface area contributed by atoms with E-state index in [-0.39, 0.29) is 18.4 Å². The first-order valence-electron chi connectivity index (χ1n) is 7.88. The maximum Gasteiger partial charge on any atom is 0.223 e. The van der Waals surface area contributed by atoms with Crippen molar-refractivity contribution in [2.75, 3.05) is 6.54 Å². The second-order valence-corrected chi connectivity index (χ2v) is 6.00. The number of rotatable bonds is 7. The molecule has 124 valence electrons. The van der Waals surface area contributed by atoms with Crippen molar-refractivity contribution in [3.05, 3.63) is 52.9 Å². The van der Waals surface area contributed by atoms with E-state index in [4.69, 9.17) is 4.52 Å². The van der Waals surface area contributed by atoms with E-state index >= 15 is 0 Å². The first kappa shape index (κ1) is 17.2. The summed E-state index contributed by atoms with van der Waals surface area (Å²) in [7, 11) is 0. The predicted octanol–water partition coefficient (Wildman–Crippen LogP) is 2.19. The first-order chi connectivity index (χ1) is 11.0. The number of amides is 1. The van der Waals surface area contributed by atoms with E-state index in [2.05, 4.69) is 10.5 Å². The SMILES string of the molecule is Cc1noc(C)c1CC(C)C(=O)NCC(O)Cc1ccccc1. The first-order valence-corrected chi connectivity index (χ1v) is 7.88. The van der Waals surface area contributed by atoms with Crippen molar-refractivity contribution in [2.24, 2.45) is 5.92 Å². The smallest absolute Gasteiger partial charge is 0.223 e. The van der Waals surface area contributed by atoms with Gasteiger partial charge in [-0.25, -0.2) is 0 Å². The Morgan fingerprint density at radius 3 is 2.57 bits per heavy atom. The number of aromatic nitrogens is 1. The molecule has 2 rings (SSSR count). The molecule has 0 aliphatic heterocycles. The van der Waals surface area contributed by atoms with E-state index < -0.39 is 6.10 Å². The highest BCUT2D eigenvalue weighted by molar-refractivity contribution is 5.78. The van der Waals surface area contributed by atoms with Gasteiger partial charge in [-0.2, -0.15) is 0 Å². The fourth-order valence-electron chi connectivity index (χ4n) is 2.54. The molecule has 1 aromatic heterocycles. The second kappa shape index (κ2) is 7.92. The molecule has 0 spiro atoms. The van der Waals surface area contributed by atoms with Crippen molar-refractivity contribution in [1.82, 2.24) is 10.5 Å². The molecule has 1 amide bonds. The van der Waals surface area contributed by atoms with Gasteiger partial charge in [-0.1, -0.05) is 42.4 Å². The van der Waals surface area contributed by atoms with Crippen molar-refractivity contribution >= 4 is 5.91 Å². The Balaban J connectivity index is 1.80. The van der Waals surface area contributed by atoms with Crippen LogP contribution in [0.1, 0.15) is 29.5 Å². The summed E-state index contributed by atoms with van der Waals surface area (Å²) in [6.07, 6.45) is 0.522. The van der Waals surface area contributed by atoms with E-state index in [1.54, 1.807) is 0 Å². The third kappa shape index (κ3) is 4.93. The second-order valence-electron chi connectivity index (χ2n) is 6.00. The van der Waals surface area contributed by atoms with Gasteiger partial charge in [0.05, 0.1) is 11.8 Å². The van der Waals surface area contributed by atoms with Crippen LogP contribution in [0, 0.1) is 19.8 Å².